The second kappa shape index (κ2) is 6.42. The minimum absolute atomic E-state index is 0.00205. The molecule has 9 heteroatoms. The molecular formula is C11H18N2O5S2. The Kier molecular flexibility index (Phi) is 5.37. The van der Waals surface area contributed by atoms with E-state index >= 15 is 0 Å². The van der Waals surface area contributed by atoms with Crippen LogP contribution in [0.15, 0.2) is 24.3 Å². The number of sulfonamides is 2. The van der Waals surface area contributed by atoms with E-state index in [-0.39, 0.29) is 13.1 Å². The van der Waals surface area contributed by atoms with Crippen LogP contribution in [0.3, 0.4) is 0 Å². The van der Waals surface area contributed by atoms with Crippen molar-refractivity contribution in [2.75, 3.05) is 37.0 Å². The van der Waals surface area contributed by atoms with Crippen LogP contribution in [0.5, 0.6) is 5.75 Å². The molecular weight excluding hydrogens is 304 g/mol. The van der Waals surface area contributed by atoms with Gasteiger partial charge in [0.1, 0.15) is 5.75 Å². The molecule has 0 aliphatic heterocycles. The smallest absolute Gasteiger partial charge is 0.232 e. The Morgan fingerprint density at radius 2 is 1.65 bits per heavy atom. The van der Waals surface area contributed by atoms with Gasteiger partial charge < -0.3 is 4.74 Å². The number of nitrogens with one attached hydrogen (secondary N) is 1. The summed E-state index contributed by atoms with van der Waals surface area (Å²) in [6, 6.07) is 6.47. The second-order valence-corrected chi connectivity index (χ2v) is 7.94. The summed E-state index contributed by atoms with van der Waals surface area (Å²) in [6.07, 6.45) is 2.09. The lowest BCUT2D eigenvalue weighted by Gasteiger charge is -2.22. The molecule has 1 aromatic rings. The van der Waals surface area contributed by atoms with E-state index in [0.717, 1.165) is 16.8 Å². The molecule has 0 aliphatic rings. The molecule has 1 N–H and O–H groups in total. The van der Waals surface area contributed by atoms with Crippen LogP contribution in [0.25, 0.3) is 0 Å². The molecule has 1 rings (SSSR count). The Bertz CT molecular complexity index is 638. The van der Waals surface area contributed by atoms with Crippen molar-refractivity contribution in [2.24, 2.45) is 0 Å². The molecule has 20 heavy (non-hydrogen) atoms. The molecule has 1 aromatic carbocycles. The molecule has 0 heterocycles. The van der Waals surface area contributed by atoms with Gasteiger partial charge in [-0.05, 0) is 24.3 Å². The summed E-state index contributed by atoms with van der Waals surface area (Å²) in [5, 5.41) is 0. The Morgan fingerprint density at radius 3 is 2.05 bits per heavy atom. The van der Waals surface area contributed by atoms with E-state index in [4.69, 9.17) is 4.74 Å². The molecule has 0 radical (unpaired) electrons. The number of methoxy groups -OCH3 is 1. The lowest BCUT2D eigenvalue weighted by atomic mass is 10.3. The van der Waals surface area contributed by atoms with Crippen molar-refractivity contribution in [1.29, 1.82) is 0 Å². The van der Waals surface area contributed by atoms with Gasteiger partial charge in [-0.1, -0.05) is 0 Å². The molecule has 0 saturated carbocycles. The van der Waals surface area contributed by atoms with E-state index < -0.39 is 20.0 Å². The summed E-state index contributed by atoms with van der Waals surface area (Å²) < 4.78 is 53.9. The van der Waals surface area contributed by atoms with E-state index in [0.29, 0.717) is 11.4 Å². The zero-order valence-electron chi connectivity index (χ0n) is 11.5. The van der Waals surface area contributed by atoms with Crippen molar-refractivity contribution in [1.82, 2.24) is 4.72 Å². The average Bonchev–Trinajstić information content (AvgIpc) is 2.32. The fraction of sp³-hybridized carbons (Fsp3) is 0.455. The van der Waals surface area contributed by atoms with E-state index in [9.17, 15) is 16.8 Å². The lowest BCUT2D eigenvalue weighted by Crippen LogP contribution is -2.37. The topological polar surface area (TPSA) is 92.8 Å². The van der Waals surface area contributed by atoms with Crippen LogP contribution in [0.1, 0.15) is 0 Å². The van der Waals surface area contributed by atoms with E-state index in [1.165, 1.54) is 7.11 Å². The highest BCUT2D eigenvalue weighted by Gasteiger charge is 2.17. The third-order valence-corrected chi connectivity index (χ3v) is 4.36. The molecule has 0 bridgehead atoms. The highest BCUT2D eigenvalue weighted by atomic mass is 32.2. The average molecular weight is 322 g/mol. The molecule has 0 saturated heterocycles. The van der Waals surface area contributed by atoms with Crippen LogP contribution < -0.4 is 13.8 Å². The van der Waals surface area contributed by atoms with Gasteiger partial charge in [0.05, 0.1) is 25.3 Å². The fourth-order valence-electron chi connectivity index (χ4n) is 1.57. The third-order valence-electron chi connectivity index (χ3n) is 2.44. The minimum Gasteiger partial charge on any atom is -0.497 e. The second-order valence-electron chi connectivity index (χ2n) is 4.20. The molecule has 114 valence electrons. The summed E-state index contributed by atoms with van der Waals surface area (Å²) >= 11 is 0. The van der Waals surface area contributed by atoms with Gasteiger partial charge in [0.25, 0.3) is 0 Å². The maximum Gasteiger partial charge on any atom is 0.232 e. The predicted molar refractivity (Wildman–Crippen MR) is 78.0 cm³/mol. The van der Waals surface area contributed by atoms with Gasteiger partial charge >= 0.3 is 0 Å². The van der Waals surface area contributed by atoms with Gasteiger partial charge in [-0.15, -0.1) is 0 Å². The number of hydrogen-bond acceptors (Lipinski definition) is 5. The van der Waals surface area contributed by atoms with Crippen molar-refractivity contribution in [3.63, 3.8) is 0 Å². The number of anilines is 1. The highest BCUT2D eigenvalue weighted by molar-refractivity contribution is 7.92. The largest absolute Gasteiger partial charge is 0.497 e. The molecule has 0 unspecified atom stereocenters. The van der Waals surface area contributed by atoms with E-state index in [1.54, 1.807) is 24.3 Å². The van der Waals surface area contributed by atoms with Crippen LogP contribution >= 0.6 is 0 Å². The molecule has 0 aromatic heterocycles. The number of nitrogens with zero attached hydrogens (tertiary/aromatic N) is 1. The Morgan fingerprint density at radius 1 is 1.10 bits per heavy atom. The summed E-state index contributed by atoms with van der Waals surface area (Å²) in [5.74, 6) is 0.608. The van der Waals surface area contributed by atoms with Crippen molar-refractivity contribution < 1.29 is 21.6 Å². The van der Waals surface area contributed by atoms with Gasteiger partial charge in [0.2, 0.25) is 20.0 Å². The van der Waals surface area contributed by atoms with Crippen LogP contribution in [-0.2, 0) is 20.0 Å². The first-order valence-corrected chi connectivity index (χ1v) is 9.44. The molecule has 7 nitrogen and oxygen atoms in total. The summed E-state index contributed by atoms with van der Waals surface area (Å²) in [5.41, 5.74) is 0.448. The monoisotopic (exact) mass is 322 g/mol. The van der Waals surface area contributed by atoms with E-state index in [2.05, 4.69) is 4.72 Å². The maximum absolute atomic E-state index is 11.8. The number of hydrogen-bond donors (Lipinski definition) is 1. The quantitative estimate of drug-likeness (QED) is 0.763. The first-order valence-electron chi connectivity index (χ1n) is 5.70. The van der Waals surface area contributed by atoms with E-state index in [1.807, 2.05) is 0 Å². The Hall–Kier alpha value is -1.32. The number of benzene rings is 1. The first-order chi connectivity index (χ1) is 9.13. The van der Waals surface area contributed by atoms with Crippen molar-refractivity contribution in [3.8, 4) is 5.75 Å². The zero-order chi connectivity index (χ0) is 15.4. The van der Waals surface area contributed by atoms with Crippen LogP contribution in [0.4, 0.5) is 5.69 Å². The molecule has 0 amide bonds. The molecule has 0 spiro atoms. The Balaban J connectivity index is 2.89. The summed E-state index contributed by atoms with van der Waals surface area (Å²) in [4.78, 5) is 0. The summed E-state index contributed by atoms with van der Waals surface area (Å²) in [6.45, 7) is 0.0101. The molecule has 0 fully saturated rings. The lowest BCUT2D eigenvalue weighted by molar-refractivity contribution is 0.415. The molecule has 0 aliphatic carbocycles. The number of ether oxygens (including phenoxy) is 1. The van der Waals surface area contributed by atoms with Crippen molar-refractivity contribution >= 4 is 25.7 Å². The highest BCUT2D eigenvalue weighted by Crippen LogP contribution is 2.20. The van der Waals surface area contributed by atoms with Gasteiger partial charge in [-0.3, -0.25) is 4.31 Å². The first kappa shape index (κ1) is 16.7. The Labute approximate surface area is 119 Å². The third kappa shape index (κ3) is 5.35. The van der Waals surface area contributed by atoms with Gasteiger partial charge in [0, 0.05) is 13.1 Å². The van der Waals surface area contributed by atoms with Crippen LogP contribution in [0.2, 0.25) is 0 Å². The number of rotatable bonds is 7. The van der Waals surface area contributed by atoms with Gasteiger partial charge in [-0.2, -0.15) is 0 Å². The predicted octanol–water partition coefficient (Wildman–Crippen LogP) is 0.0104. The van der Waals surface area contributed by atoms with Gasteiger partial charge in [-0.25, -0.2) is 21.6 Å². The standard InChI is InChI=1S/C11H18N2O5S2/c1-18-11-6-4-10(5-7-11)13(20(3,16)17)9-8-12-19(2,14)15/h4-7,12H,8-9H2,1-3H3. The SMILES string of the molecule is COc1ccc(N(CCNS(C)(=O)=O)S(C)(=O)=O)cc1. The normalized spacial score (nSPS) is 12.2. The van der Waals surface area contributed by atoms with Gasteiger partial charge in [0.15, 0.2) is 0 Å². The molecule has 0 atom stereocenters. The van der Waals surface area contributed by atoms with Crippen molar-refractivity contribution in [2.45, 2.75) is 0 Å². The maximum atomic E-state index is 11.8. The van der Waals surface area contributed by atoms with Crippen molar-refractivity contribution in [3.05, 3.63) is 24.3 Å². The minimum atomic E-state index is -3.50. The van der Waals surface area contributed by atoms with Crippen LogP contribution in [0, 0.1) is 0 Å². The van der Waals surface area contributed by atoms with Crippen LogP contribution in [-0.4, -0.2) is 49.5 Å². The zero-order valence-corrected chi connectivity index (χ0v) is 13.2. The fourth-order valence-corrected chi connectivity index (χ4v) is 2.96. The summed E-state index contributed by atoms with van der Waals surface area (Å²) in [7, 11) is -5.33.